The summed E-state index contributed by atoms with van der Waals surface area (Å²) in [6.07, 6.45) is 0. The number of aliphatic carboxylic acids is 1. The molecule has 2 aromatic rings. The summed E-state index contributed by atoms with van der Waals surface area (Å²) in [5, 5.41) is 13.8. The van der Waals surface area contributed by atoms with Crippen LogP contribution in [0.1, 0.15) is 17.3 Å². The molecule has 4 N–H and O–H groups in total. The number of aryl methyl sites for hydroxylation is 1. The molecule has 0 spiro atoms. The second-order valence-corrected chi connectivity index (χ2v) is 5.81. The van der Waals surface area contributed by atoms with Crippen LogP contribution in [0.3, 0.4) is 0 Å². The Hall–Kier alpha value is -1.51. The van der Waals surface area contributed by atoms with Crippen LogP contribution in [0.5, 0.6) is 0 Å². The van der Waals surface area contributed by atoms with Crippen molar-refractivity contribution in [1.29, 1.82) is 0 Å². The summed E-state index contributed by atoms with van der Waals surface area (Å²) in [6.45, 7) is 1.82. The van der Waals surface area contributed by atoms with E-state index >= 15 is 0 Å². The van der Waals surface area contributed by atoms with Crippen molar-refractivity contribution in [3.8, 4) is 0 Å². The van der Waals surface area contributed by atoms with E-state index in [0.29, 0.717) is 15.3 Å². The van der Waals surface area contributed by atoms with Crippen molar-refractivity contribution < 1.29 is 14.3 Å². The van der Waals surface area contributed by atoms with E-state index < -0.39 is 17.8 Å². The fourth-order valence-corrected chi connectivity index (χ4v) is 2.73. The van der Waals surface area contributed by atoms with Crippen molar-refractivity contribution in [2.24, 2.45) is 5.73 Å². The summed E-state index contributed by atoms with van der Waals surface area (Å²) in [4.78, 5) is 14.9. The zero-order chi connectivity index (χ0) is 14.9. The number of rotatable bonds is 4. The third-order valence-electron chi connectivity index (χ3n) is 2.62. The van der Waals surface area contributed by atoms with Crippen molar-refractivity contribution in [3.05, 3.63) is 39.1 Å². The number of nitrogens with zero attached hydrogens (tertiary/aromatic N) is 1. The first-order valence-electron chi connectivity index (χ1n) is 5.55. The number of carboxylic acids is 1. The molecule has 1 heterocycles. The molecule has 2 rings (SSSR count). The van der Waals surface area contributed by atoms with Gasteiger partial charge in [0.25, 0.3) is 0 Å². The van der Waals surface area contributed by atoms with Crippen LogP contribution in [0, 0.1) is 12.7 Å². The minimum Gasteiger partial charge on any atom is -0.480 e. The van der Waals surface area contributed by atoms with Gasteiger partial charge in [-0.1, -0.05) is 0 Å². The standard InChI is InChI=1S/C12H11BrFN3O2S/c1-5-2-6(13)7(14)3-8(5)16-12-17-9(4-20-12)10(15)11(18)19/h2-4,10H,15H2,1H3,(H,16,17)(H,18,19). The molecule has 0 fully saturated rings. The monoisotopic (exact) mass is 359 g/mol. The number of carboxylic acid groups (broad SMARTS) is 1. The van der Waals surface area contributed by atoms with Gasteiger partial charge in [-0.05, 0) is 40.5 Å². The Balaban J connectivity index is 2.23. The second kappa shape index (κ2) is 5.86. The van der Waals surface area contributed by atoms with Gasteiger partial charge >= 0.3 is 5.97 Å². The largest absolute Gasteiger partial charge is 0.480 e. The van der Waals surface area contributed by atoms with Crippen LogP contribution in [0.25, 0.3) is 0 Å². The van der Waals surface area contributed by atoms with Crippen LogP contribution in [-0.2, 0) is 4.79 Å². The SMILES string of the molecule is Cc1cc(Br)c(F)cc1Nc1nc(C(N)C(=O)O)cs1. The molecule has 0 aliphatic heterocycles. The number of carbonyl (C=O) groups is 1. The second-order valence-electron chi connectivity index (χ2n) is 4.10. The Morgan fingerprint density at radius 1 is 1.60 bits per heavy atom. The molecule has 0 aliphatic rings. The van der Waals surface area contributed by atoms with Crippen LogP contribution in [0.15, 0.2) is 22.0 Å². The van der Waals surface area contributed by atoms with Crippen LogP contribution >= 0.6 is 27.3 Å². The molecule has 0 bridgehead atoms. The number of halogens is 2. The molecule has 0 saturated heterocycles. The number of hydrogen-bond acceptors (Lipinski definition) is 5. The molecule has 20 heavy (non-hydrogen) atoms. The van der Waals surface area contributed by atoms with Crippen molar-refractivity contribution >= 4 is 44.1 Å². The van der Waals surface area contributed by atoms with Crippen LogP contribution < -0.4 is 11.1 Å². The average Bonchev–Trinajstić information content (AvgIpc) is 2.83. The Bertz CT molecular complexity index is 662. The van der Waals surface area contributed by atoms with Gasteiger partial charge in [0.1, 0.15) is 11.9 Å². The van der Waals surface area contributed by atoms with Crippen molar-refractivity contribution in [3.63, 3.8) is 0 Å². The highest BCUT2D eigenvalue weighted by atomic mass is 79.9. The van der Waals surface area contributed by atoms with Crippen LogP contribution in [-0.4, -0.2) is 16.1 Å². The number of anilines is 2. The molecule has 8 heteroatoms. The lowest BCUT2D eigenvalue weighted by Crippen LogP contribution is -2.20. The molecule has 0 saturated carbocycles. The van der Waals surface area contributed by atoms with Gasteiger partial charge in [-0.15, -0.1) is 11.3 Å². The van der Waals surface area contributed by atoms with Gasteiger partial charge in [-0.3, -0.25) is 4.79 Å². The van der Waals surface area contributed by atoms with Gasteiger partial charge in [0.05, 0.1) is 10.2 Å². The first kappa shape index (κ1) is 14.9. The van der Waals surface area contributed by atoms with E-state index in [1.807, 2.05) is 6.92 Å². The van der Waals surface area contributed by atoms with Crippen LogP contribution in [0.2, 0.25) is 0 Å². The maximum atomic E-state index is 13.5. The summed E-state index contributed by atoms with van der Waals surface area (Å²) < 4.78 is 13.9. The van der Waals surface area contributed by atoms with Gasteiger partial charge in [0.15, 0.2) is 5.13 Å². The minimum atomic E-state index is -1.16. The molecule has 1 atom stereocenters. The molecule has 5 nitrogen and oxygen atoms in total. The number of thiazole rings is 1. The molecule has 1 aromatic carbocycles. The highest BCUT2D eigenvalue weighted by Gasteiger charge is 2.18. The third-order valence-corrected chi connectivity index (χ3v) is 4.00. The highest BCUT2D eigenvalue weighted by Crippen LogP contribution is 2.28. The Kier molecular flexibility index (Phi) is 4.36. The van der Waals surface area contributed by atoms with Crippen molar-refractivity contribution in [2.45, 2.75) is 13.0 Å². The molecule has 106 valence electrons. The number of aromatic nitrogens is 1. The molecular formula is C12H11BrFN3O2S. The smallest absolute Gasteiger partial charge is 0.326 e. The maximum absolute atomic E-state index is 13.5. The van der Waals surface area contributed by atoms with E-state index in [1.54, 1.807) is 11.4 Å². The summed E-state index contributed by atoms with van der Waals surface area (Å²) in [5.74, 6) is -1.54. The van der Waals surface area contributed by atoms with E-state index in [4.69, 9.17) is 10.8 Å². The molecular weight excluding hydrogens is 349 g/mol. The lowest BCUT2D eigenvalue weighted by atomic mass is 10.2. The van der Waals surface area contributed by atoms with Gasteiger partial charge in [-0.2, -0.15) is 0 Å². The van der Waals surface area contributed by atoms with Gasteiger partial charge in [0.2, 0.25) is 0 Å². The summed E-state index contributed by atoms with van der Waals surface area (Å²) >= 11 is 4.32. The molecule has 1 aromatic heterocycles. The first-order chi connectivity index (χ1) is 9.38. The van der Waals surface area contributed by atoms with E-state index in [-0.39, 0.29) is 5.69 Å². The lowest BCUT2D eigenvalue weighted by molar-refractivity contribution is -0.138. The average molecular weight is 360 g/mol. The number of nitrogens with one attached hydrogen (secondary N) is 1. The summed E-state index contributed by atoms with van der Waals surface area (Å²) in [5.41, 5.74) is 7.13. The summed E-state index contributed by atoms with van der Waals surface area (Å²) in [7, 11) is 0. The summed E-state index contributed by atoms with van der Waals surface area (Å²) in [6, 6.07) is 1.83. The Morgan fingerprint density at radius 3 is 2.95 bits per heavy atom. The maximum Gasteiger partial charge on any atom is 0.326 e. The predicted octanol–water partition coefficient (Wildman–Crippen LogP) is 3.18. The fourth-order valence-electron chi connectivity index (χ4n) is 1.51. The van der Waals surface area contributed by atoms with Gasteiger partial charge in [-0.25, -0.2) is 9.37 Å². The van der Waals surface area contributed by atoms with Gasteiger partial charge in [0, 0.05) is 11.1 Å². The zero-order valence-corrected chi connectivity index (χ0v) is 12.8. The quantitative estimate of drug-likeness (QED) is 0.780. The van der Waals surface area contributed by atoms with Crippen molar-refractivity contribution in [1.82, 2.24) is 4.98 Å². The fraction of sp³-hybridized carbons (Fsp3) is 0.167. The topological polar surface area (TPSA) is 88.2 Å². The minimum absolute atomic E-state index is 0.264. The molecule has 0 radical (unpaired) electrons. The normalized spacial score (nSPS) is 12.2. The van der Waals surface area contributed by atoms with E-state index in [9.17, 15) is 9.18 Å². The van der Waals surface area contributed by atoms with Crippen molar-refractivity contribution in [2.75, 3.05) is 5.32 Å². The number of benzene rings is 1. The third kappa shape index (κ3) is 3.14. The lowest BCUT2D eigenvalue weighted by Gasteiger charge is -2.08. The number of hydrogen-bond donors (Lipinski definition) is 3. The predicted molar refractivity (Wildman–Crippen MR) is 78.8 cm³/mol. The molecule has 1 unspecified atom stereocenters. The Morgan fingerprint density at radius 2 is 2.30 bits per heavy atom. The number of nitrogens with two attached hydrogens (primary N) is 1. The van der Waals surface area contributed by atoms with E-state index in [2.05, 4.69) is 26.2 Å². The van der Waals surface area contributed by atoms with E-state index in [1.165, 1.54) is 17.4 Å². The van der Waals surface area contributed by atoms with Crippen LogP contribution in [0.4, 0.5) is 15.2 Å². The highest BCUT2D eigenvalue weighted by molar-refractivity contribution is 9.10. The van der Waals surface area contributed by atoms with Gasteiger partial charge < -0.3 is 16.2 Å². The zero-order valence-electron chi connectivity index (χ0n) is 10.4. The Labute approximate surface area is 126 Å². The first-order valence-corrected chi connectivity index (χ1v) is 7.22. The molecule has 0 amide bonds. The van der Waals surface area contributed by atoms with E-state index in [0.717, 1.165) is 5.56 Å². The molecule has 0 aliphatic carbocycles.